The highest BCUT2D eigenvalue weighted by Crippen LogP contribution is 2.20. The number of halogens is 1. The van der Waals surface area contributed by atoms with E-state index in [4.69, 9.17) is 4.42 Å². The number of aliphatic hydroxyl groups is 1. The number of amides is 2. The lowest BCUT2D eigenvalue weighted by Gasteiger charge is -2.24. The third-order valence-corrected chi connectivity index (χ3v) is 3.38. The molecular weight excluding hydrogens is 287 g/mol. The van der Waals surface area contributed by atoms with Gasteiger partial charge in [0.1, 0.15) is 17.2 Å². The minimum absolute atomic E-state index is 0.00462. The van der Waals surface area contributed by atoms with Crippen LogP contribution < -0.4 is 10.6 Å². The van der Waals surface area contributed by atoms with Gasteiger partial charge < -0.3 is 20.2 Å². The van der Waals surface area contributed by atoms with E-state index in [1.54, 1.807) is 26.0 Å². The van der Waals surface area contributed by atoms with Crippen molar-refractivity contribution >= 4 is 6.03 Å². The number of hydrogen-bond acceptors (Lipinski definition) is 3. The van der Waals surface area contributed by atoms with Gasteiger partial charge in [0.15, 0.2) is 0 Å². The first-order chi connectivity index (χ1) is 10.4. The van der Waals surface area contributed by atoms with Crippen LogP contribution in [0.5, 0.6) is 0 Å². The van der Waals surface area contributed by atoms with E-state index < -0.39 is 11.6 Å². The molecule has 0 saturated carbocycles. The lowest BCUT2D eigenvalue weighted by Crippen LogP contribution is -2.44. The zero-order valence-electron chi connectivity index (χ0n) is 12.5. The summed E-state index contributed by atoms with van der Waals surface area (Å²) in [6.07, 6.45) is 1.53. The average molecular weight is 306 g/mol. The fourth-order valence-electron chi connectivity index (χ4n) is 2.02. The van der Waals surface area contributed by atoms with Crippen molar-refractivity contribution in [3.8, 4) is 0 Å². The molecule has 0 unspecified atom stereocenters. The molecule has 1 heterocycles. The summed E-state index contributed by atoms with van der Waals surface area (Å²) in [5, 5.41) is 15.7. The third kappa shape index (κ3) is 4.08. The molecule has 22 heavy (non-hydrogen) atoms. The van der Waals surface area contributed by atoms with Crippen molar-refractivity contribution in [1.29, 1.82) is 0 Å². The molecule has 0 bridgehead atoms. The predicted molar refractivity (Wildman–Crippen MR) is 79.6 cm³/mol. The number of benzene rings is 1. The Labute approximate surface area is 128 Å². The van der Waals surface area contributed by atoms with Gasteiger partial charge in [0.05, 0.1) is 18.8 Å². The molecule has 2 atom stereocenters. The lowest BCUT2D eigenvalue weighted by molar-refractivity contribution is 0.0592. The van der Waals surface area contributed by atoms with Crippen LogP contribution in [0.4, 0.5) is 9.18 Å². The van der Waals surface area contributed by atoms with E-state index in [0.717, 1.165) is 0 Å². The molecule has 0 aliphatic rings. The zero-order valence-corrected chi connectivity index (χ0v) is 12.5. The lowest BCUT2D eigenvalue weighted by atomic mass is 9.96. The number of rotatable bonds is 5. The van der Waals surface area contributed by atoms with Crippen molar-refractivity contribution < 1.29 is 18.7 Å². The van der Waals surface area contributed by atoms with Gasteiger partial charge in [-0.3, -0.25) is 0 Å². The van der Waals surface area contributed by atoms with Crippen molar-refractivity contribution in [2.24, 2.45) is 0 Å². The summed E-state index contributed by atoms with van der Waals surface area (Å²) in [7, 11) is 0. The SMILES string of the molecule is C[C@@H](NC(=O)NC[C@@](C)(O)c1ccc(F)cc1)c1ccco1. The van der Waals surface area contributed by atoms with Crippen LogP contribution in [0.25, 0.3) is 0 Å². The van der Waals surface area contributed by atoms with Gasteiger partial charge in [0.2, 0.25) is 0 Å². The summed E-state index contributed by atoms with van der Waals surface area (Å²) < 4.78 is 18.1. The van der Waals surface area contributed by atoms with Gasteiger partial charge in [-0.2, -0.15) is 0 Å². The van der Waals surface area contributed by atoms with Crippen LogP contribution >= 0.6 is 0 Å². The monoisotopic (exact) mass is 306 g/mol. The number of urea groups is 1. The van der Waals surface area contributed by atoms with E-state index in [9.17, 15) is 14.3 Å². The molecule has 1 aromatic carbocycles. The minimum Gasteiger partial charge on any atom is -0.467 e. The van der Waals surface area contributed by atoms with Crippen LogP contribution in [0.15, 0.2) is 47.1 Å². The Bertz CT molecular complexity index is 609. The molecule has 0 aliphatic heterocycles. The standard InChI is InChI=1S/C16H19FN2O3/c1-11(14-4-3-9-22-14)19-15(20)18-10-16(2,21)12-5-7-13(17)8-6-12/h3-9,11,21H,10H2,1-2H3,(H2,18,19,20)/t11-,16-/m1/s1. The van der Waals surface area contributed by atoms with Crippen molar-refractivity contribution in [2.45, 2.75) is 25.5 Å². The summed E-state index contributed by atoms with van der Waals surface area (Å²) in [4.78, 5) is 11.8. The number of nitrogens with one attached hydrogen (secondary N) is 2. The molecule has 0 aliphatic carbocycles. The molecule has 118 valence electrons. The molecule has 2 aromatic rings. The summed E-state index contributed by atoms with van der Waals surface area (Å²) in [5.74, 6) is 0.262. The molecular formula is C16H19FN2O3. The van der Waals surface area contributed by atoms with Crippen LogP contribution in [0.3, 0.4) is 0 Å². The van der Waals surface area contributed by atoms with Crippen LogP contribution in [0.2, 0.25) is 0 Å². The van der Waals surface area contributed by atoms with Gasteiger partial charge in [0.25, 0.3) is 0 Å². The quantitative estimate of drug-likeness (QED) is 0.795. The Morgan fingerprint density at radius 1 is 1.36 bits per heavy atom. The maximum Gasteiger partial charge on any atom is 0.315 e. The largest absolute Gasteiger partial charge is 0.467 e. The molecule has 2 rings (SSSR count). The molecule has 0 spiro atoms. The molecule has 0 fully saturated rings. The summed E-state index contributed by atoms with van der Waals surface area (Å²) in [6, 6.07) is 8.30. The van der Waals surface area contributed by atoms with Crippen molar-refractivity contribution in [3.05, 3.63) is 59.8 Å². The van der Waals surface area contributed by atoms with Crippen LogP contribution in [-0.4, -0.2) is 17.7 Å². The minimum atomic E-state index is -1.29. The molecule has 0 saturated heterocycles. The first kappa shape index (κ1) is 16.0. The fraction of sp³-hybridized carbons (Fsp3) is 0.312. The van der Waals surface area contributed by atoms with E-state index in [2.05, 4.69) is 10.6 Å². The van der Waals surface area contributed by atoms with Gasteiger partial charge >= 0.3 is 6.03 Å². The van der Waals surface area contributed by atoms with Crippen molar-refractivity contribution in [3.63, 3.8) is 0 Å². The summed E-state index contributed by atoms with van der Waals surface area (Å²) >= 11 is 0. The van der Waals surface area contributed by atoms with E-state index >= 15 is 0 Å². The van der Waals surface area contributed by atoms with Gasteiger partial charge in [-0.05, 0) is 43.7 Å². The van der Waals surface area contributed by atoms with Gasteiger partial charge in [0, 0.05) is 0 Å². The molecule has 6 heteroatoms. The van der Waals surface area contributed by atoms with Gasteiger partial charge in [-0.1, -0.05) is 12.1 Å². The summed E-state index contributed by atoms with van der Waals surface area (Å²) in [5.41, 5.74) is -0.771. The number of carbonyl (C=O) groups excluding carboxylic acids is 1. The molecule has 3 N–H and O–H groups in total. The van der Waals surface area contributed by atoms with Gasteiger partial charge in [-0.15, -0.1) is 0 Å². The van der Waals surface area contributed by atoms with E-state index in [-0.39, 0.29) is 18.4 Å². The van der Waals surface area contributed by atoms with Crippen LogP contribution in [-0.2, 0) is 5.60 Å². The maximum absolute atomic E-state index is 12.9. The zero-order chi connectivity index (χ0) is 16.2. The predicted octanol–water partition coefficient (Wildman–Crippen LogP) is 2.69. The van der Waals surface area contributed by atoms with Crippen molar-refractivity contribution in [2.75, 3.05) is 6.54 Å². The van der Waals surface area contributed by atoms with Crippen LogP contribution in [0, 0.1) is 5.82 Å². The highest BCUT2D eigenvalue weighted by molar-refractivity contribution is 5.74. The fourth-order valence-corrected chi connectivity index (χ4v) is 2.02. The third-order valence-electron chi connectivity index (χ3n) is 3.38. The average Bonchev–Trinajstić information content (AvgIpc) is 3.00. The molecule has 2 amide bonds. The first-order valence-corrected chi connectivity index (χ1v) is 6.95. The Morgan fingerprint density at radius 3 is 2.64 bits per heavy atom. The summed E-state index contributed by atoms with van der Waals surface area (Å²) in [6.45, 7) is 3.34. The molecule has 0 radical (unpaired) electrons. The molecule has 1 aromatic heterocycles. The van der Waals surface area contributed by atoms with E-state index in [1.807, 2.05) is 0 Å². The Hall–Kier alpha value is -2.34. The number of furan rings is 1. The highest BCUT2D eigenvalue weighted by Gasteiger charge is 2.24. The van der Waals surface area contributed by atoms with Crippen molar-refractivity contribution in [1.82, 2.24) is 10.6 Å². The first-order valence-electron chi connectivity index (χ1n) is 6.95. The van der Waals surface area contributed by atoms with E-state index in [1.165, 1.54) is 30.5 Å². The normalized spacial score (nSPS) is 14.9. The maximum atomic E-state index is 12.9. The Balaban J connectivity index is 1.88. The van der Waals surface area contributed by atoms with E-state index in [0.29, 0.717) is 11.3 Å². The second-order valence-corrected chi connectivity index (χ2v) is 5.34. The molecule has 5 nitrogen and oxygen atoms in total. The van der Waals surface area contributed by atoms with Gasteiger partial charge in [-0.25, -0.2) is 9.18 Å². The Morgan fingerprint density at radius 2 is 2.05 bits per heavy atom. The highest BCUT2D eigenvalue weighted by atomic mass is 19.1. The van der Waals surface area contributed by atoms with Crippen LogP contribution in [0.1, 0.15) is 31.2 Å². The number of carbonyl (C=O) groups is 1. The second kappa shape index (κ2) is 6.62. The topological polar surface area (TPSA) is 74.5 Å². The Kier molecular flexibility index (Phi) is 4.82. The smallest absolute Gasteiger partial charge is 0.315 e. The number of hydrogen-bond donors (Lipinski definition) is 3. The second-order valence-electron chi connectivity index (χ2n) is 5.34.